The van der Waals surface area contributed by atoms with Gasteiger partial charge in [-0.05, 0) is 42.9 Å². The number of nitrogens with two attached hydrogens (primary N) is 1. The van der Waals surface area contributed by atoms with Crippen LogP contribution < -0.4 is 15.8 Å². The van der Waals surface area contributed by atoms with Crippen LogP contribution in [0.5, 0.6) is 5.75 Å². The normalized spacial score (nSPS) is 9.93. The molecule has 0 bridgehead atoms. The molecule has 0 saturated carbocycles. The zero-order valence-corrected chi connectivity index (χ0v) is 17.4. The molecule has 0 fully saturated rings. The van der Waals surface area contributed by atoms with Crippen molar-refractivity contribution in [3.05, 3.63) is 59.7 Å². The minimum absolute atomic E-state index is 0. The first-order valence-corrected chi connectivity index (χ1v) is 8.72. The van der Waals surface area contributed by atoms with Crippen LogP contribution in [0.1, 0.15) is 29.8 Å². The predicted molar refractivity (Wildman–Crippen MR) is 117 cm³/mol. The molecule has 0 saturated heterocycles. The Bertz CT molecular complexity index is 677. The van der Waals surface area contributed by atoms with Gasteiger partial charge in [0.05, 0.1) is 5.69 Å². The van der Waals surface area contributed by atoms with Crippen LogP contribution in [-0.4, -0.2) is 37.0 Å². The number of halogens is 2. The van der Waals surface area contributed by atoms with Crippen molar-refractivity contribution >= 4 is 36.4 Å². The average Bonchev–Trinajstić information content (AvgIpc) is 2.66. The summed E-state index contributed by atoms with van der Waals surface area (Å²) in [6.07, 6.45) is 0. The van der Waals surface area contributed by atoms with Gasteiger partial charge >= 0.3 is 0 Å². The number of nitrogens with one attached hydrogen (secondary N) is 1. The molecule has 0 heterocycles. The van der Waals surface area contributed by atoms with E-state index in [0.717, 1.165) is 25.2 Å². The molecule has 3 N–H and O–H groups in total. The third kappa shape index (κ3) is 7.77. The van der Waals surface area contributed by atoms with Crippen LogP contribution in [0, 0.1) is 0 Å². The summed E-state index contributed by atoms with van der Waals surface area (Å²) in [7, 11) is 0. The lowest BCUT2D eigenvalue weighted by atomic mass is 10.1. The van der Waals surface area contributed by atoms with Crippen molar-refractivity contribution in [1.29, 1.82) is 0 Å². The summed E-state index contributed by atoms with van der Waals surface area (Å²) < 4.78 is 5.87. The molecule has 150 valence electrons. The van der Waals surface area contributed by atoms with E-state index in [1.54, 1.807) is 12.1 Å². The topological polar surface area (TPSA) is 67.6 Å². The molecule has 0 aromatic heterocycles. The summed E-state index contributed by atoms with van der Waals surface area (Å²) in [6.45, 7) is 8.16. The monoisotopic (exact) mass is 413 g/mol. The van der Waals surface area contributed by atoms with Crippen LogP contribution in [-0.2, 0) is 6.54 Å². The van der Waals surface area contributed by atoms with Gasteiger partial charge in [-0.2, -0.15) is 0 Å². The number of benzene rings is 2. The number of rotatable bonds is 9. The Morgan fingerprint density at radius 1 is 1.04 bits per heavy atom. The van der Waals surface area contributed by atoms with E-state index < -0.39 is 0 Å². The Hall–Kier alpha value is -1.79. The maximum Gasteiger partial charge on any atom is 0.255 e. The van der Waals surface area contributed by atoms with Gasteiger partial charge in [-0.1, -0.05) is 38.1 Å². The standard InChI is InChI=1S/C20H27N3O2.2ClH/c1-3-23(4-2)13-14-25-19-8-6-5-7-18(19)22-20(24)17-11-9-16(15-21)10-12-17;;/h5-12H,3-4,13-15,21H2,1-2H3,(H,22,24);2*1H. The second kappa shape index (κ2) is 13.4. The molecule has 7 heteroatoms. The molecular weight excluding hydrogens is 385 g/mol. The zero-order chi connectivity index (χ0) is 18.1. The molecule has 5 nitrogen and oxygen atoms in total. The van der Waals surface area contributed by atoms with Crippen LogP contribution in [0.15, 0.2) is 48.5 Å². The molecule has 0 aliphatic heterocycles. The largest absolute Gasteiger partial charge is 0.490 e. The van der Waals surface area contributed by atoms with Gasteiger partial charge in [-0.25, -0.2) is 0 Å². The summed E-state index contributed by atoms with van der Waals surface area (Å²) in [5.74, 6) is 0.518. The highest BCUT2D eigenvalue weighted by Crippen LogP contribution is 2.24. The Kier molecular flexibility index (Phi) is 12.5. The first-order chi connectivity index (χ1) is 12.2. The van der Waals surface area contributed by atoms with Crippen molar-refractivity contribution in [2.45, 2.75) is 20.4 Å². The Balaban J connectivity index is 0.00000338. The molecule has 2 aromatic rings. The summed E-state index contributed by atoms with van der Waals surface area (Å²) in [5, 5.41) is 2.92. The van der Waals surface area contributed by atoms with Crippen molar-refractivity contribution in [2.75, 3.05) is 31.6 Å². The van der Waals surface area contributed by atoms with Crippen LogP contribution in [0.25, 0.3) is 0 Å². The van der Waals surface area contributed by atoms with Crippen molar-refractivity contribution in [2.24, 2.45) is 5.73 Å². The number of hydrogen-bond donors (Lipinski definition) is 2. The van der Waals surface area contributed by atoms with E-state index in [4.69, 9.17) is 10.5 Å². The van der Waals surface area contributed by atoms with Gasteiger partial charge in [-0.15, -0.1) is 24.8 Å². The fourth-order valence-electron chi connectivity index (χ4n) is 2.51. The Morgan fingerprint density at radius 3 is 2.26 bits per heavy atom. The van der Waals surface area contributed by atoms with Crippen LogP contribution in [0.2, 0.25) is 0 Å². The molecule has 0 aliphatic rings. The third-order valence-electron chi connectivity index (χ3n) is 4.15. The van der Waals surface area contributed by atoms with Gasteiger partial charge in [0.2, 0.25) is 0 Å². The van der Waals surface area contributed by atoms with Crippen LogP contribution in [0.4, 0.5) is 5.69 Å². The van der Waals surface area contributed by atoms with E-state index in [9.17, 15) is 4.79 Å². The number of para-hydroxylation sites is 2. The molecule has 1 amide bonds. The van der Waals surface area contributed by atoms with Crippen molar-refractivity contribution < 1.29 is 9.53 Å². The minimum Gasteiger partial charge on any atom is -0.490 e. The smallest absolute Gasteiger partial charge is 0.255 e. The summed E-state index contributed by atoms with van der Waals surface area (Å²) >= 11 is 0. The number of likely N-dealkylation sites (N-methyl/N-ethyl adjacent to an activating group) is 1. The first kappa shape index (κ1) is 25.2. The molecule has 0 aliphatic carbocycles. The molecule has 27 heavy (non-hydrogen) atoms. The summed E-state index contributed by atoms with van der Waals surface area (Å²) in [4.78, 5) is 14.7. The van der Waals surface area contributed by atoms with E-state index in [1.807, 2.05) is 36.4 Å². The fourth-order valence-corrected chi connectivity index (χ4v) is 2.51. The highest BCUT2D eigenvalue weighted by Gasteiger charge is 2.10. The van der Waals surface area contributed by atoms with E-state index in [1.165, 1.54) is 0 Å². The first-order valence-electron chi connectivity index (χ1n) is 8.72. The van der Waals surface area contributed by atoms with Gasteiger partial charge in [0.25, 0.3) is 5.91 Å². The van der Waals surface area contributed by atoms with Gasteiger partial charge in [0, 0.05) is 18.7 Å². The Labute approximate surface area is 174 Å². The quantitative estimate of drug-likeness (QED) is 0.652. The number of ether oxygens (including phenoxy) is 1. The molecule has 0 radical (unpaired) electrons. The average molecular weight is 414 g/mol. The molecule has 0 spiro atoms. The van der Waals surface area contributed by atoms with Gasteiger partial charge in [-0.3, -0.25) is 4.79 Å². The molecule has 2 aromatic carbocycles. The third-order valence-corrected chi connectivity index (χ3v) is 4.15. The minimum atomic E-state index is -0.164. The van der Waals surface area contributed by atoms with Gasteiger partial charge in [0.15, 0.2) is 0 Å². The number of amides is 1. The van der Waals surface area contributed by atoms with E-state index in [2.05, 4.69) is 24.1 Å². The molecule has 2 rings (SSSR count). The molecule has 0 unspecified atom stereocenters. The van der Waals surface area contributed by atoms with E-state index in [-0.39, 0.29) is 30.7 Å². The number of hydrogen-bond acceptors (Lipinski definition) is 4. The number of carbonyl (C=O) groups excluding carboxylic acids is 1. The van der Waals surface area contributed by atoms with E-state index >= 15 is 0 Å². The van der Waals surface area contributed by atoms with Gasteiger partial charge in [0.1, 0.15) is 12.4 Å². The fraction of sp³-hybridized carbons (Fsp3) is 0.350. The lowest BCUT2D eigenvalue weighted by molar-refractivity contribution is 0.102. The van der Waals surface area contributed by atoms with Crippen molar-refractivity contribution in [3.8, 4) is 5.75 Å². The summed E-state index contributed by atoms with van der Waals surface area (Å²) in [5.41, 5.74) is 7.85. The van der Waals surface area contributed by atoms with Crippen molar-refractivity contribution in [3.63, 3.8) is 0 Å². The van der Waals surface area contributed by atoms with Crippen molar-refractivity contribution in [1.82, 2.24) is 4.90 Å². The zero-order valence-electron chi connectivity index (χ0n) is 15.8. The van der Waals surface area contributed by atoms with Crippen LogP contribution >= 0.6 is 24.8 Å². The van der Waals surface area contributed by atoms with E-state index in [0.29, 0.717) is 30.2 Å². The second-order valence-electron chi connectivity index (χ2n) is 5.73. The lowest BCUT2D eigenvalue weighted by Gasteiger charge is -2.19. The molecular formula is C20H29Cl2N3O2. The lowest BCUT2D eigenvalue weighted by Crippen LogP contribution is -2.28. The second-order valence-corrected chi connectivity index (χ2v) is 5.73. The number of carbonyl (C=O) groups is 1. The Morgan fingerprint density at radius 2 is 1.67 bits per heavy atom. The molecule has 0 atom stereocenters. The summed E-state index contributed by atoms with van der Waals surface area (Å²) in [6, 6.07) is 14.8. The van der Waals surface area contributed by atoms with Crippen LogP contribution in [0.3, 0.4) is 0 Å². The number of nitrogens with zero attached hydrogens (tertiary/aromatic N) is 1. The predicted octanol–water partition coefficient (Wildman–Crippen LogP) is 3.96. The number of anilines is 1. The maximum absolute atomic E-state index is 12.4. The SMILES string of the molecule is CCN(CC)CCOc1ccccc1NC(=O)c1ccc(CN)cc1.Cl.Cl. The highest BCUT2D eigenvalue weighted by molar-refractivity contribution is 6.05. The maximum atomic E-state index is 12.4. The highest BCUT2D eigenvalue weighted by atomic mass is 35.5. The van der Waals surface area contributed by atoms with Gasteiger partial charge < -0.3 is 20.7 Å².